The van der Waals surface area contributed by atoms with Crippen molar-refractivity contribution in [3.63, 3.8) is 0 Å². The number of hydrogen-bond donors (Lipinski definition) is 2. The Hall–Kier alpha value is -6.28. The van der Waals surface area contributed by atoms with E-state index in [1.807, 2.05) is 133 Å². The molecule has 0 amide bonds. The largest absolute Gasteiger partial charge is 0.261 e. The van der Waals surface area contributed by atoms with Gasteiger partial charge in [-0.25, -0.2) is 19.9 Å². The zero-order valence-electron chi connectivity index (χ0n) is 23.5. The van der Waals surface area contributed by atoms with Crippen LogP contribution < -0.4 is 10.9 Å². The van der Waals surface area contributed by atoms with Crippen molar-refractivity contribution in [3.05, 3.63) is 145 Å². The molecule has 0 bridgehead atoms. The lowest BCUT2D eigenvalue weighted by Crippen LogP contribution is -2.00. The van der Waals surface area contributed by atoms with E-state index in [-0.39, 0.29) is 0 Å². The molecule has 0 atom stereocenters. The molecule has 0 aliphatic carbocycles. The highest BCUT2D eigenvalue weighted by Gasteiger charge is 2.13. The van der Waals surface area contributed by atoms with Gasteiger partial charge in [0.2, 0.25) is 0 Å². The van der Waals surface area contributed by atoms with E-state index in [2.05, 4.69) is 21.1 Å². The van der Waals surface area contributed by atoms with E-state index in [1.54, 1.807) is 12.4 Å². The van der Waals surface area contributed by atoms with E-state index < -0.39 is 0 Å². The molecule has 0 radical (unpaired) electrons. The molecule has 7 rings (SSSR count). The van der Waals surface area contributed by atoms with Crippen LogP contribution >= 0.6 is 0 Å². The number of fused-ring (bicyclic) bond motifs is 2. The summed E-state index contributed by atoms with van der Waals surface area (Å²) >= 11 is 0. The minimum Gasteiger partial charge on any atom is -0.261 e. The number of hydrazone groups is 2. The number of hydrogen-bond acceptors (Lipinski definition) is 8. The lowest BCUT2D eigenvalue weighted by atomic mass is 10.1. The molecule has 0 aliphatic heterocycles. The van der Waals surface area contributed by atoms with Crippen molar-refractivity contribution in [2.24, 2.45) is 10.2 Å². The number of nitrogens with one attached hydrogen (secondary N) is 2. The summed E-state index contributed by atoms with van der Waals surface area (Å²) in [6.45, 7) is 0. The lowest BCUT2D eigenvalue weighted by Gasteiger charge is -2.10. The third kappa shape index (κ3) is 5.86. The molecule has 44 heavy (non-hydrogen) atoms. The van der Waals surface area contributed by atoms with Crippen LogP contribution in [0.4, 0.5) is 11.6 Å². The van der Waals surface area contributed by atoms with Crippen LogP contribution in [0.3, 0.4) is 0 Å². The summed E-state index contributed by atoms with van der Waals surface area (Å²) in [5.74, 6) is 2.37. The Bertz CT molecular complexity index is 1980. The predicted molar refractivity (Wildman–Crippen MR) is 179 cm³/mol. The van der Waals surface area contributed by atoms with Gasteiger partial charge < -0.3 is 0 Å². The maximum absolute atomic E-state index is 4.87. The smallest absolute Gasteiger partial charge is 0.162 e. The number of anilines is 2. The van der Waals surface area contributed by atoms with Crippen LogP contribution in [0.1, 0.15) is 11.1 Å². The molecule has 0 unspecified atom stereocenters. The molecule has 0 aliphatic rings. The van der Waals surface area contributed by atoms with E-state index in [0.29, 0.717) is 23.3 Å². The van der Waals surface area contributed by atoms with Crippen molar-refractivity contribution in [1.29, 1.82) is 0 Å². The Morgan fingerprint density at radius 3 is 1.34 bits per heavy atom. The fourth-order valence-electron chi connectivity index (χ4n) is 4.79. The molecule has 2 heterocycles. The maximum atomic E-state index is 4.87. The minimum atomic E-state index is 0.564. The average Bonchev–Trinajstić information content (AvgIpc) is 3.09. The van der Waals surface area contributed by atoms with Gasteiger partial charge in [0.15, 0.2) is 23.3 Å². The normalized spacial score (nSPS) is 11.5. The van der Waals surface area contributed by atoms with Crippen molar-refractivity contribution in [1.82, 2.24) is 19.9 Å². The van der Waals surface area contributed by atoms with Crippen LogP contribution in [0, 0.1) is 0 Å². The van der Waals surface area contributed by atoms with Gasteiger partial charge >= 0.3 is 0 Å². The Balaban J connectivity index is 1.24. The Morgan fingerprint density at radius 1 is 0.432 bits per heavy atom. The van der Waals surface area contributed by atoms with E-state index >= 15 is 0 Å². The van der Waals surface area contributed by atoms with E-state index in [0.717, 1.165) is 44.1 Å². The highest BCUT2D eigenvalue weighted by Crippen LogP contribution is 2.29. The topological polar surface area (TPSA) is 100 Å². The zero-order valence-corrected chi connectivity index (χ0v) is 23.5. The summed E-state index contributed by atoms with van der Waals surface area (Å²) in [4.78, 5) is 19.5. The van der Waals surface area contributed by atoms with E-state index in [9.17, 15) is 0 Å². The Kier molecular flexibility index (Phi) is 7.44. The van der Waals surface area contributed by atoms with Crippen molar-refractivity contribution >= 4 is 45.9 Å². The Labute approximate surface area is 253 Å². The monoisotopic (exact) mass is 570 g/mol. The SMILES string of the molecule is C(=N\Nc1nc(-c2cccc(-c3nc(N/N=C/c4ccccc4)c4ccccc4n3)c2)nc2ccccc12)/c1ccccc1. The predicted octanol–water partition coefficient (Wildman–Crippen LogP) is 7.80. The standard InChI is InChI=1S/C36H26N8/c1-3-12-25(13-4-1)23-37-43-35-29-18-7-9-20-31(29)39-33(41-35)27-16-11-17-28(22-27)34-40-32-21-10-8-19-30(32)36(42-34)44-38-24-26-14-5-2-6-15-26/h1-24H,(H,39,41,43)(H,40,42,44)/b37-23+,38-24+. The number of benzene rings is 5. The van der Waals surface area contributed by atoms with Crippen LogP contribution in [0.5, 0.6) is 0 Å². The second kappa shape index (κ2) is 12.3. The van der Waals surface area contributed by atoms with Crippen LogP contribution in [0.2, 0.25) is 0 Å². The summed E-state index contributed by atoms with van der Waals surface area (Å²) in [7, 11) is 0. The molecule has 210 valence electrons. The highest BCUT2D eigenvalue weighted by atomic mass is 15.3. The molecule has 7 aromatic rings. The minimum absolute atomic E-state index is 0.564. The summed E-state index contributed by atoms with van der Waals surface area (Å²) in [6.07, 6.45) is 3.54. The molecule has 0 saturated heterocycles. The van der Waals surface area contributed by atoms with Crippen LogP contribution in [0.15, 0.2) is 144 Å². The molecular formula is C36H26N8. The van der Waals surface area contributed by atoms with Gasteiger partial charge in [-0.2, -0.15) is 10.2 Å². The number of para-hydroxylation sites is 2. The molecule has 8 nitrogen and oxygen atoms in total. The lowest BCUT2D eigenvalue weighted by molar-refractivity contribution is 1.18. The van der Waals surface area contributed by atoms with Gasteiger partial charge in [-0.15, -0.1) is 0 Å². The quantitative estimate of drug-likeness (QED) is 0.143. The van der Waals surface area contributed by atoms with Gasteiger partial charge in [0.05, 0.1) is 23.5 Å². The first kappa shape index (κ1) is 26.6. The molecule has 2 aromatic heterocycles. The van der Waals surface area contributed by atoms with E-state index in [4.69, 9.17) is 19.9 Å². The average molecular weight is 571 g/mol. The van der Waals surface area contributed by atoms with Crippen molar-refractivity contribution < 1.29 is 0 Å². The molecule has 0 spiro atoms. The first-order valence-corrected chi connectivity index (χ1v) is 14.1. The summed E-state index contributed by atoms with van der Waals surface area (Å²) in [5.41, 5.74) is 11.5. The molecule has 0 fully saturated rings. The van der Waals surface area contributed by atoms with Crippen LogP contribution in [-0.4, -0.2) is 32.4 Å². The van der Waals surface area contributed by atoms with Gasteiger partial charge in [-0.05, 0) is 41.5 Å². The summed E-state index contributed by atoms with van der Waals surface area (Å²) < 4.78 is 0. The van der Waals surface area contributed by atoms with Crippen molar-refractivity contribution in [2.75, 3.05) is 10.9 Å². The van der Waals surface area contributed by atoms with Gasteiger partial charge in [-0.1, -0.05) is 103 Å². The third-order valence-corrected chi connectivity index (χ3v) is 6.95. The van der Waals surface area contributed by atoms with Gasteiger partial charge in [-0.3, -0.25) is 10.9 Å². The second-order valence-electron chi connectivity index (χ2n) is 9.97. The van der Waals surface area contributed by atoms with Crippen LogP contribution in [0.25, 0.3) is 44.6 Å². The zero-order chi connectivity index (χ0) is 29.6. The first-order valence-electron chi connectivity index (χ1n) is 14.1. The maximum Gasteiger partial charge on any atom is 0.162 e. The van der Waals surface area contributed by atoms with Crippen LogP contribution in [-0.2, 0) is 0 Å². The van der Waals surface area contributed by atoms with Gasteiger partial charge in [0.1, 0.15) is 0 Å². The van der Waals surface area contributed by atoms with E-state index in [1.165, 1.54) is 0 Å². The summed E-state index contributed by atoms with van der Waals surface area (Å²) in [5, 5.41) is 10.6. The fourth-order valence-corrected chi connectivity index (χ4v) is 4.79. The molecule has 0 saturated carbocycles. The molecule has 5 aromatic carbocycles. The van der Waals surface area contributed by atoms with Gasteiger partial charge in [0.25, 0.3) is 0 Å². The number of nitrogens with zero attached hydrogens (tertiary/aromatic N) is 6. The first-order chi connectivity index (χ1) is 21.8. The highest BCUT2D eigenvalue weighted by molar-refractivity contribution is 5.93. The van der Waals surface area contributed by atoms with Crippen molar-refractivity contribution in [2.45, 2.75) is 0 Å². The number of rotatable bonds is 8. The molecule has 2 N–H and O–H groups in total. The molecule has 8 heteroatoms. The Morgan fingerprint density at radius 2 is 0.864 bits per heavy atom. The number of aromatic nitrogens is 4. The van der Waals surface area contributed by atoms with Gasteiger partial charge in [0, 0.05) is 21.9 Å². The summed E-state index contributed by atoms with van der Waals surface area (Å²) in [6, 6.07) is 43.5. The second-order valence-corrected chi connectivity index (χ2v) is 9.97. The third-order valence-electron chi connectivity index (χ3n) is 6.95. The fraction of sp³-hybridized carbons (Fsp3) is 0. The van der Waals surface area contributed by atoms with Crippen molar-refractivity contribution in [3.8, 4) is 22.8 Å². The molecular weight excluding hydrogens is 544 g/mol.